The fourth-order valence-electron chi connectivity index (χ4n) is 3.10. The van der Waals surface area contributed by atoms with Crippen LogP contribution in [0, 0.1) is 5.92 Å². The summed E-state index contributed by atoms with van der Waals surface area (Å²) in [5, 5.41) is 12.8. The monoisotopic (exact) mass is 423 g/mol. The molecule has 0 amide bonds. The molecule has 29 heavy (non-hydrogen) atoms. The molecule has 2 heterocycles. The standard InChI is InChI=1S/C21H20F3NO3S/c22-21(23,24)16-6-1-4-14(10-16)13-28-20(27)18(11-17-7-3-9-29-17)19(26)15-5-2-8-25-12-15/h1-6,8-10,12,17-19,26H,7,11,13H2. The van der Waals surface area contributed by atoms with E-state index in [1.54, 1.807) is 30.1 Å². The second-order valence-corrected chi connectivity index (χ2v) is 7.96. The molecule has 1 N–H and O–H groups in total. The molecule has 1 aliphatic heterocycles. The molecule has 1 aromatic heterocycles. The van der Waals surface area contributed by atoms with Crippen molar-refractivity contribution >= 4 is 17.7 Å². The summed E-state index contributed by atoms with van der Waals surface area (Å²) in [5.74, 6) is -1.49. The van der Waals surface area contributed by atoms with E-state index < -0.39 is 29.7 Å². The maximum Gasteiger partial charge on any atom is 0.416 e. The van der Waals surface area contributed by atoms with Gasteiger partial charge in [-0.3, -0.25) is 9.78 Å². The van der Waals surface area contributed by atoms with E-state index in [1.807, 2.05) is 11.5 Å². The van der Waals surface area contributed by atoms with Gasteiger partial charge in [-0.1, -0.05) is 24.3 Å². The molecule has 4 nitrogen and oxygen atoms in total. The Morgan fingerprint density at radius 3 is 2.79 bits per heavy atom. The zero-order valence-electron chi connectivity index (χ0n) is 15.4. The van der Waals surface area contributed by atoms with Crippen LogP contribution in [0.25, 0.3) is 0 Å². The first-order valence-corrected chi connectivity index (χ1v) is 10.00. The molecular formula is C21H20F3NO3S. The maximum absolute atomic E-state index is 12.9. The highest BCUT2D eigenvalue weighted by Gasteiger charge is 2.33. The molecule has 1 aromatic carbocycles. The number of aromatic nitrogens is 1. The lowest BCUT2D eigenvalue weighted by atomic mass is 9.91. The molecule has 0 saturated heterocycles. The average Bonchev–Trinajstić information content (AvgIpc) is 3.23. The number of thioether (sulfide) groups is 1. The molecule has 3 rings (SSSR count). The van der Waals surface area contributed by atoms with Gasteiger partial charge in [0.2, 0.25) is 0 Å². The van der Waals surface area contributed by atoms with E-state index in [0.717, 1.165) is 18.6 Å². The van der Waals surface area contributed by atoms with E-state index in [1.165, 1.54) is 18.3 Å². The van der Waals surface area contributed by atoms with E-state index in [9.17, 15) is 23.1 Å². The Morgan fingerprint density at radius 1 is 1.31 bits per heavy atom. The van der Waals surface area contributed by atoms with Gasteiger partial charge < -0.3 is 9.84 Å². The first kappa shape index (κ1) is 21.4. The van der Waals surface area contributed by atoms with Crippen LogP contribution in [0.3, 0.4) is 0 Å². The average molecular weight is 423 g/mol. The van der Waals surface area contributed by atoms with Crippen molar-refractivity contribution in [2.75, 3.05) is 0 Å². The highest BCUT2D eigenvalue weighted by molar-refractivity contribution is 8.03. The van der Waals surface area contributed by atoms with Crippen LogP contribution in [0.2, 0.25) is 0 Å². The third-order valence-corrected chi connectivity index (χ3v) is 5.75. The number of rotatable bonds is 7. The van der Waals surface area contributed by atoms with Crippen LogP contribution in [0.15, 0.2) is 60.3 Å². The first-order chi connectivity index (χ1) is 13.8. The molecule has 3 unspecified atom stereocenters. The molecule has 0 bridgehead atoms. The van der Waals surface area contributed by atoms with Crippen molar-refractivity contribution in [2.45, 2.75) is 37.0 Å². The molecule has 0 aliphatic carbocycles. The van der Waals surface area contributed by atoms with E-state index in [-0.39, 0.29) is 17.4 Å². The lowest BCUT2D eigenvalue weighted by Crippen LogP contribution is -2.27. The Balaban J connectivity index is 1.71. The predicted molar refractivity (Wildman–Crippen MR) is 104 cm³/mol. The second-order valence-electron chi connectivity index (χ2n) is 6.74. The number of hydrogen-bond acceptors (Lipinski definition) is 5. The van der Waals surface area contributed by atoms with Crippen molar-refractivity contribution < 1.29 is 27.8 Å². The topological polar surface area (TPSA) is 59.4 Å². The normalized spacial score (nSPS) is 18.4. The van der Waals surface area contributed by atoms with Crippen LogP contribution in [0.4, 0.5) is 13.2 Å². The zero-order chi connectivity index (χ0) is 20.9. The Hall–Kier alpha value is -2.32. The number of aliphatic hydroxyl groups is 1. The van der Waals surface area contributed by atoms with Gasteiger partial charge in [0.15, 0.2) is 0 Å². The number of carbonyl (C=O) groups excluding carboxylic acids is 1. The number of hydrogen-bond donors (Lipinski definition) is 1. The summed E-state index contributed by atoms with van der Waals surface area (Å²) in [4.78, 5) is 16.7. The minimum absolute atomic E-state index is 0.132. The van der Waals surface area contributed by atoms with Gasteiger partial charge in [0, 0.05) is 17.6 Å². The fourth-order valence-corrected chi connectivity index (χ4v) is 4.09. The lowest BCUT2D eigenvalue weighted by molar-refractivity contribution is -0.154. The number of ether oxygens (including phenoxy) is 1. The first-order valence-electron chi connectivity index (χ1n) is 9.06. The summed E-state index contributed by atoms with van der Waals surface area (Å²) >= 11 is 1.58. The van der Waals surface area contributed by atoms with Crippen LogP contribution in [0.1, 0.15) is 35.6 Å². The summed E-state index contributed by atoms with van der Waals surface area (Å²) in [6.45, 7) is -0.297. The van der Waals surface area contributed by atoms with Crippen LogP contribution >= 0.6 is 11.8 Å². The van der Waals surface area contributed by atoms with Crippen LogP contribution in [-0.2, 0) is 22.3 Å². The zero-order valence-corrected chi connectivity index (χ0v) is 16.2. The highest BCUT2D eigenvalue weighted by atomic mass is 32.2. The number of benzene rings is 1. The highest BCUT2D eigenvalue weighted by Crippen LogP contribution is 2.35. The fraction of sp³-hybridized carbons (Fsp3) is 0.333. The smallest absolute Gasteiger partial charge is 0.416 e. The SMILES string of the molecule is O=C(OCc1cccc(C(F)(F)F)c1)C(CC1CC=CS1)C(O)c1cccnc1. The van der Waals surface area contributed by atoms with E-state index in [4.69, 9.17) is 4.74 Å². The number of nitrogens with zero attached hydrogens (tertiary/aromatic N) is 1. The molecule has 0 radical (unpaired) electrons. The summed E-state index contributed by atoms with van der Waals surface area (Å²) in [5.41, 5.74) is -0.0735. The Bertz CT molecular complexity index is 850. The molecular weight excluding hydrogens is 403 g/mol. The number of alkyl halides is 3. The van der Waals surface area contributed by atoms with Crippen molar-refractivity contribution in [1.29, 1.82) is 0 Å². The summed E-state index contributed by atoms with van der Waals surface area (Å²) < 4.78 is 43.9. The van der Waals surface area contributed by atoms with Crippen molar-refractivity contribution in [3.63, 3.8) is 0 Å². The number of allylic oxidation sites excluding steroid dienone is 1. The van der Waals surface area contributed by atoms with Crippen LogP contribution in [-0.4, -0.2) is 21.3 Å². The summed E-state index contributed by atoms with van der Waals surface area (Å²) in [6, 6.07) is 7.99. The quantitative estimate of drug-likeness (QED) is 0.642. The minimum atomic E-state index is -4.47. The van der Waals surface area contributed by atoms with Crippen molar-refractivity contribution in [1.82, 2.24) is 4.98 Å². The molecule has 8 heteroatoms. The summed E-state index contributed by atoms with van der Waals surface area (Å²) in [7, 11) is 0. The molecule has 154 valence electrons. The van der Waals surface area contributed by atoms with E-state index in [2.05, 4.69) is 4.98 Å². The van der Waals surface area contributed by atoms with Gasteiger partial charge in [-0.25, -0.2) is 0 Å². The molecule has 0 saturated carbocycles. The lowest BCUT2D eigenvalue weighted by Gasteiger charge is -2.24. The minimum Gasteiger partial charge on any atom is -0.461 e. The Labute approximate surface area is 170 Å². The van der Waals surface area contributed by atoms with Crippen LogP contribution < -0.4 is 0 Å². The number of halogens is 3. The van der Waals surface area contributed by atoms with Gasteiger partial charge in [-0.15, -0.1) is 11.8 Å². The number of carbonyl (C=O) groups is 1. The van der Waals surface area contributed by atoms with E-state index in [0.29, 0.717) is 12.0 Å². The van der Waals surface area contributed by atoms with Crippen molar-refractivity contribution in [3.8, 4) is 0 Å². The molecule has 0 fully saturated rings. The van der Waals surface area contributed by atoms with Crippen LogP contribution in [0.5, 0.6) is 0 Å². The van der Waals surface area contributed by atoms with Gasteiger partial charge in [0.05, 0.1) is 17.6 Å². The number of aliphatic hydroxyl groups excluding tert-OH is 1. The predicted octanol–water partition coefficient (Wildman–Crippen LogP) is 4.90. The van der Waals surface area contributed by atoms with Gasteiger partial charge in [0.1, 0.15) is 6.61 Å². The molecule has 1 aliphatic rings. The Morgan fingerprint density at radius 2 is 2.14 bits per heavy atom. The largest absolute Gasteiger partial charge is 0.461 e. The second kappa shape index (κ2) is 9.45. The van der Waals surface area contributed by atoms with Gasteiger partial charge in [-0.05, 0) is 47.6 Å². The Kier molecular flexibility index (Phi) is 6.97. The number of esters is 1. The maximum atomic E-state index is 12.9. The van der Waals surface area contributed by atoms with Crippen molar-refractivity contribution in [2.24, 2.45) is 5.92 Å². The molecule has 2 aromatic rings. The molecule has 3 atom stereocenters. The summed E-state index contributed by atoms with van der Waals surface area (Å²) in [6.07, 6.45) is 0.629. The molecule has 0 spiro atoms. The van der Waals surface area contributed by atoms with Gasteiger partial charge >= 0.3 is 12.1 Å². The third kappa shape index (κ3) is 5.83. The van der Waals surface area contributed by atoms with Gasteiger partial charge in [-0.2, -0.15) is 13.2 Å². The van der Waals surface area contributed by atoms with Gasteiger partial charge in [0.25, 0.3) is 0 Å². The number of pyridine rings is 1. The van der Waals surface area contributed by atoms with E-state index >= 15 is 0 Å². The third-order valence-electron chi connectivity index (χ3n) is 4.63. The van der Waals surface area contributed by atoms with Crippen molar-refractivity contribution in [3.05, 3.63) is 77.0 Å².